The standard InChI is InChI=1S/C29H57N3O4S2/c1-23(38-37-7)24-12-14-25(15-13-24)27(34)32-20-22-36-29(4,5)17-21-35-28(2,3)16-19-31-26(33)11-9-8-10-18-30-6/h23-25,30H,8-22H2,1-7H3,(H,31,33)(H,32,34). The van der Waals surface area contributed by atoms with Gasteiger partial charge < -0.3 is 25.4 Å². The fourth-order valence-corrected chi connectivity index (χ4v) is 6.91. The summed E-state index contributed by atoms with van der Waals surface area (Å²) < 4.78 is 12.2. The monoisotopic (exact) mass is 575 g/mol. The van der Waals surface area contributed by atoms with Gasteiger partial charge in [0.15, 0.2) is 0 Å². The van der Waals surface area contributed by atoms with Crippen LogP contribution in [-0.2, 0) is 19.1 Å². The van der Waals surface area contributed by atoms with Gasteiger partial charge in [-0.05, 0) is 105 Å². The van der Waals surface area contributed by atoms with Crippen LogP contribution in [0.5, 0.6) is 0 Å². The number of hydrogen-bond donors (Lipinski definition) is 3. The van der Waals surface area contributed by atoms with Crippen LogP contribution in [0.15, 0.2) is 0 Å². The predicted molar refractivity (Wildman–Crippen MR) is 164 cm³/mol. The van der Waals surface area contributed by atoms with Gasteiger partial charge in [-0.1, -0.05) is 34.9 Å². The number of hydrogen-bond acceptors (Lipinski definition) is 7. The summed E-state index contributed by atoms with van der Waals surface area (Å²) in [6.45, 7) is 13.8. The molecule has 1 saturated carbocycles. The number of carbonyl (C=O) groups excluding carboxylic acids is 2. The molecule has 1 rings (SSSR count). The number of rotatable bonds is 21. The predicted octanol–water partition coefficient (Wildman–Crippen LogP) is 5.58. The summed E-state index contributed by atoms with van der Waals surface area (Å²) in [6, 6.07) is 0. The van der Waals surface area contributed by atoms with Crippen molar-refractivity contribution in [2.24, 2.45) is 11.8 Å². The van der Waals surface area contributed by atoms with Crippen LogP contribution in [0, 0.1) is 11.8 Å². The first-order valence-electron chi connectivity index (χ1n) is 14.7. The Morgan fingerprint density at radius 3 is 2.18 bits per heavy atom. The minimum atomic E-state index is -0.328. The van der Waals surface area contributed by atoms with Crippen molar-refractivity contribution in [3.05, 3.63) is 0 Å². The van der Waals surface area contributed by atoms with E-state index in [9.17, 15) is 9.59 Å². The van der Waals surface area contributed by atoms with Gasteiger partial charge in [0.2, 0.25) is 11.8 Å². The minimum Gasteiger partial charge on any atom is -0.375 e. The van der Waals surface area contributed by atoms with Crippen LogP contribution < -0.4 is 16.0 Å². The van der Waals surface area contributed by atoms with Crippen LogP contribution in [-0.4, -0.2) is 74.4 Å². The molecule has 7 nitrogen and oxygen atoms in total. The molecule has 2 amide bonds. The van der Waals surface area contributed by atoms with Gasteiger partial charge in [-0.25, -0.2) is 0 Å². The van der Waals surface area contributed by atoms with Crippen LogP contribution in [0.2, 0.25) is 0 Å². The molecule has 0 aromatic rings. The molecule has 3 N–H and O–H groups in total. The molecular formula is C29H57N3O4S2. The zero-order valence-corrected chi connectivity index (χ0v) is 26.9. The molecule has 224 valence electrons. The van der Waals surface area contributed by atoms with E-state index in [1.807, 2.05) is 28.6 Å². The third-order valence-electron chi connectivity index (χ3n) is 7.53. The first-order valence-corrected chi connectivity index (χ1v) is 17.3. The molecule has 0 aromatic carbocycles. The lowest BCUT2D eigenvalue weighted by atomic mass is 9.80. The number of ether oxygens (including phenoxy) is 2. The Balaban J connectivity index is 2.14. The average Bonchev–Trinajstić information content (AvgIpc) is 2.86. The van der Waals surface area contributed by atoms with Crippen molar-refractivity contribution in [1.29, 1.82) is 0 Å². The van der Waals surface area contributed by atoms with Crippen LogP contribution in [0.25, 0.3) is 0 Å². The molecule has 1 unspecified atom stereocenters. The molecule has 1 atom stereocenters. The molecule has 1 fully saturated rings. The van der Waals surface area contributed by atoms with E-state index in [1.54, 1.807) is 0 Å². The summed E-state index contributed by atoms with van der Waals surface area (Å²) >= 11 is 0. The Hall–Kier alpha value is -0.480. The summed E-state index contributed by atoms with van der Waals surface area (Å²) in [6.07, 6.45) is 11.7. The molecule has 38 heavy (non-hydrogen) atoms. The van der Waals surface area contributed by atoms with E-state index < -0.39 is 0 Å². The van der Waals surface area contributed by atoms with Crippen LogP contribution in [0.3, 0.4) is 0 Å². The van der Waals surface area contributed by atoms with Gasteiger partial charge in [-0.2, -0.15) is 0 Å². The maximum atomic E-state index is 12.6. The first-order chi connectivity index (χ1) is 18.0. The van der Waals surface area contributed by atoms with Crippen molar-refractivity contribution in [2.75, 3.05) is 46.2 Å². The zero-order valence-electron chi connectivity index (χ0n) is 25.3. The van der Waals surface area contributed by atoms with Gasteiger partial charge in [-0.15, -0.1) is 0 Å². The van der Waals surface area contributed by atoms with Gasteiger partial charge in [0, 0.05) is 30.7 Å². The smallest absolute Gasteiger partial charge is 0.223 e. The molecular weight excluding hydrogens is 518 g/mol. The highest BCUT2D eigenvalue weighted by Crippen LogP contribution is 2.38. The van der Waals surface area contributed by atoms with E-state index >= 15 is 0 Å². The maximum absolute atomic E-state index is 12.6. The zero-order chi connectivity index (χ0) is 28.4. The third-order valence-corrected chi connectivity index (χ3v) is 9.89. The lowest BCUT2D eigenvalue weighted by Gasteiger charge is -2.31. The van der Waals surface area contributed by atoms with E-state index in [1.165, 1.54) is 0 Å². The van der Waals surface area contributed by atoms with E-state index in [-0.39, 0.29) is 28.9 Å². The van der Waals surface area contributed by atoms with Crippen LogP contribution >= 0.6 is 21.6 Å². The average molecular weight is 576 g/mol. The van der Waals surface area contributed by atoms with E-state index in [2.05, 4.69) is 56.8 Å². The first kappa shape index (κ1) is 35.5. The Kier molecular flexibility index (Phi) is 18.3. The molecule has 1 aliphatic rings. The molecule has 0 aliphatic heterocycles. The molecule has 0 heterocycles. The van der Waals surface area contributed by atoms with E-state index in [0.717, 1.165) is 70.3 Å². The second-order valence-electron chi connectivity index (χ2n) is 11.9. The Morgan fingerprint density at radius 2 is 1.53 bits per heavy atom. The molecule has 0 aromatic heterocycles. The Morgan fingerprint density at radius 1 is 0.868 bits per heavy atom. The largest absolute Gasteiger partial charge is 0.375 e. The summed E-state index contributed by atoms with van der Waals surface area (Å²) in [4.78, 5) is 24.6. The summed E-state index contributed by atoms with van der Waals surface area (Å²) in [5.74, 6) is 1.18. The highest BCUT2D eigenvalue weighted by Gasteiger charge is 2.29. The minimum absolute atomic E-state index is 0.124. The topological polar surface area (TPSA) is 88.7 Å². The van der Waals surface area contributed by atoms with Crippen molar-refractivity contribution in [1.82, 2.24) is 16.0 Å². The van der Waals surface area contributed by atoms with Gasteiger partial charge in [0.1, 0.15) is 0 Å². The van der Waals surface area contributed by atoms with Crippen molar-refractivity contribution in [2.45, 2.75) is 115 Å². The number of amides is 2. The van der Waals surface area contributed by atoms with Crippen molar-refractivity contribution < 1.29 is 19.1 Å². The molecule has 1 aliphatic carbocycles. The lowest BCUT2D eigenvalue weighted by Crippen LogP contribution is -2.38. The van der Waals surface area contributed by atoms with Gasteiger partial charge in [0.05, 0.1) is 24.4 Å². The SMILES string of the molecule is CNCCCCCC(=O)NCCC(C)(C)OCCC(C)(C)OCCNC(=O)C1CCC(C(C)SSC)CC1. The van der Waals surface area contributed by atoms with Crippen LogP contribution in [0.1, 0.15) is 98.8 Å². The van der Waals surface area contributed by atoms with Gasteiger partial charge in [-0.3, -0.25) is 9.59 Å². The number of unbranched alkanes of at least 4 members (excludes halogenated alkanes) is 2. The molecule has 0 bridgehead atoms. The number of carbonyl (C=O) groups is 2. The Bertz CT molecular complexity index is 656. The fraction of sp³-hybridized carbons (Fsp3) is 0.931. The highest BCUT2D eigenvalue weighted by molar-refractivity contribution is 8.76. The molecule has 0 radical (unpaired) electrons. The third kappa shape index (κ3) is 16.6. The Labute approximate surface area is 241 Å². The quantitative estimate of drug-likeness (QED) is 0.122. The second kappa shape index (κ2) is 19.6. The second-order valence-corrected chi connectivity index (χ2v) is 14.7. The highest BCUT2D eigenvalue weighted by atomic mass is 33.1. The van der Waals surface area contributed by atoms with Gasteiger partial charge >= 0.3 is 0 Å². The van der Waals surface area contributed by atoms with Crippen LogP contribution in [0.4, 0.5) is 0 Å². The summed E-state index contributed by atoms with van der Waals surface area (Å²) in [7, 11) is 5.75. The maximum Gasteiger partial charge on any atom is 0.223 e. The van der Waals surface area contributed by atoms with Crippen molar-refractivity contribution in [3.63, 3.8) is 0 Å². The van der Waals surface area contributed by atoms with E-state index in [0.29, 0.717) is 38.0 Å². The van der Waals surface area contributed by atoms with Gasteiger partial charge in [0.25, 0.3) is 0 Å². The summed E-state index contributed by atoms with van der Waals surface area (Å²) in [5, 5.41) is 9.90. The summed E-state index contributed by atoms with van der Waals surface area (Å²) in [5.41, 5.74) is -0.638. The normalized spacial score (nSPS) is 19.2. The van der Waals surface area contributed by atoms with Crippen molar-refractivity contribution in [3.8, 4) is 0 Å². The molecule has 9 heteroatoms. The molecule has 0 saturated heterocycles. The van der Waals surface area contributed by atoms with E-state index in [4.69, 9.17) is 9.47 Å². The lowest BCUT2D eigenvalue weighted by molar-refractivity contribution is -0.127. The fourth-order valence-electron chi connectivity index (χ4n) is 4.80. The van der Waals surface area contributed by atoms with Crippen molar-refractivity contribution >= 4 is 33.4 Å². The molecule has 0 spiro atoms. The number of nitrogens with one attached hydrogen (secondary N) is 3.